The number of thiazole rings is 1. The Kier molecular flexibility index (Phi) is 3.14. The topological polar surface area (TPSA) is 62.2 Å². The van der Waals surface area contributed by atoms with Gasteiger partial charge in [0, 0.05) is 5.38 Å². The highest BCUT2D eigenvalue weighted by Gasteiger charge is 2.40. The van der Waals surface area contributed by atoms with Crippen LogP contribution in [0.25, 0.3) is 0 Å². The summed E-state index contributed by atoms with van der Waals surface area (Å²) in [5, 5.41) is 15.1. The van der Waals surface area contributed by atoms with Crippen molar-refractivity contribution >= 4 is 22.4 Å². The molecule has 1 aromatic rings. The molecule has 1 aliphatic carbocycles. The molecule has 2 N–H and O–H groups in total. The van der Waals surface area contributed by atoms with Crippen molar-refractivity contribution in [1.29, 1.82) is 0 Å². The third-order valence-electron chi connectivity index (χ3n) is 3.08. The molecule has 0 aliphatic heterocycles. The van der Waals surface area contributed by atoms with Gasteiger partial charge in [-0.05, 0) is 19.8 Å². The van der Waals surface area contributed by atoms with Gasteiger partial charge in [0.1, 0.15) is 5.54 Å². The maximum atomic E-state index is 11.4. The Balaban J connectivity index is 2.16. The molecule has 0 bridgehead atoms. The molecule has 0 saturated heterocycles. The van der Waals surface area contributed by atoms with Crippen molar-refractivity contribution in [3.63, 3.8) is 0 Å². The largest absolute Gasteiger partial charge is 0.480 e. The van der Waals surface area contributed by atoms with Crippen LogP contribution in [0.15, 0.2) is 5.38 Å². The molecule has 16 heavy (non-hydrogen) atoms. The molecule has 5 heteroatoms. The van der Waals surface area contributed by atoms with E-state index in [1.54, 1.807) is 0 Å². The molecule has 0 aromatic carbocycles. The SMILES string of the molecule is Cc1csc(NC2(C(=O)O)CCCCC2)n1. The first-order valence-corrected chi connectivity index (χ1v) is 6.44. The first kappa shape index (κ1) is 11.4. The summed E-state index contributed by atoms with van der Waals surface area (Å²) in [6, 6.07) is 0. The van der Waals surface area contributed by atoms with Gasteiger partial charge in [0.2, 0.25) is 0 Å². The molecule has 88 valence electrons. The number of hydrogen-bond acceptors (Lipinski definition) is 4. The van der Waals surface area contributed by atoms with Crippen LogP contribution in [-0.2, 0) is 4.79 Å². The Hall–Kier alpha value is -1.10. The number of aromatic nitrogens is 1. The second-order valence-electron chi connectivity index (χ2n) is 4.37. The van der Waals surface area contributed by atoms with E-state index in [0.29, 0.717) is 12.8 Å². The molecule has 1 aromatic heterocycles. The van der Waals surface area contributed by atoms with Gasteiger partial charge in [-0.1, -0.05) is 19.3 Å². The number of hydrogen-bond donors (Lipinski definition) is 2. The molecule has 0 radical (unpaired) electrons. The molecular weight excluding hydrogens is 224 g/mol. The lowest BCUT2D eigenvalue weighted by Crippen LogP contribution is -2.47. The van der Waals surface area contributed by atoms with Gasteiger partial charge in [-0.15, -0.1) is 11.3 Å². The van der Waals surface area contributed by atoms with Crippen molar-refractivity contribution in [3.8, 4) is 0 Å². The average Bonchev–Trinajstić information content (AvgIpc) is 2.65. The number of aryl methyl sites for hydroxylation is 1. The molecule has 0 atom stereocenters. The lowest BCUT2D eigenvalue weighted by atomic mass is 9.82. The second kappa shape index (κ2) is 4.41. The number of aliphatic carboxylic acids is 1. The fraction of sp³-hybridized carbons (Fsp3) is 0.636. The number of anilines is 1. The van der Waals surface area contributed by atoms with E-state index < -0.39 is 11.5 Å². The molecule has 4 nitrogen and oxygen atoms in total. The van der Waals surface area contributed by atoms with Crippen LogP contribution in [0.2, 0.25) is 0 Å². The Bertz CT molecular complexity index is 383. The van der Waals surface area contributed by atoms with Crippen LogP contribution in [0.1, 0.15) is 37.8 Å². The minimum Gasteiger partial charge on any atom is -0.480 e. The third kappa shape index (κ3) is 2.19. The standard InChI is InChI=1S/C11H16N2O2S/c1-8-7-16-10(12-8)13-11(9(14)15)5-3-2-4-6-11/h7H,2-6H2,1H3,(H,12,13)(H,14,15). The van der Waals surface area contributed by atoms with Gasteiger partial charge in [-0.25, -0.2) is 9.78 Å². The summed E-state index contributed by atoms with van der Waals surface area (Å²) in [4.78, 5) is 15.7. The lowest BCUT2D eigenvalue weighted by Gasteiger charge is -2.33. The van der Waals surface area contributed by atoms with Crippen molar-refractivity contribution < 1.29 is 9.90 Å². The van der Waals surface area contributed by atoms with Crippen molar-refractivity contribution in [2.24, 2.45) is 0 Å². The Morgan fingerprint density at radius 3 is 2.69 bits per heavy atom. The predicted molar refractivity (Wildman–Crippen MR) is 63.9 cm³/mol. The van der Waals surface area contributed by atoms with Gasteiger partial charge >= 0.3 is 5.97 Å². The molecule has 0 spiro atoms. The van der Waals surface area contributed by atoms with Gasteiger partial charge in [0.25, 0.3) is 0 Å². The number of rotatable bonds is 3. The number of carboxylic acid groups (broad SMARTS) is 1. The first-order chi connectivity index (χ1) is 7.62. The third-order valence-corrected chi connectivity index (χ3v) is 3.96. The molecule has 1 saturated carbocycles. The summed E-state index contributed by atoms with van der Waals surface area (Å²) in [5.41, 5.74) is 0.145. The molecule has 1 heterocycles. The van der Waals surface area contributed by atoms with Crippen LogP contribution in [0.4, 0.5) is 5.13 Å². The van der Waals surface area contributed by atoms with Crippen molar-refractivity contribution in [3.05, 3.63) is 11.1 Å². The van der Waals surface area contributed by atoms with Crippen LogP contribution >= 0.6 is 11.3 Å². The zero-order valence-electron chi connectivity index (χ0n) is 9.32. The van der Waals surface area contributed by atoms with E-state index >= 15 is 0 Å². The molecule has 2 rings (SSSR count). The van der Waals surface area contributed by atoms with Crippen LogP contribution in [-0.4, -0.2) is 21.6 Å². The highest BCUT2D eigenvalue weighted by atomic mass is 32.1. The normalized spacial score (nSPS) is 19.3. The highest BCUT2D eigenvalue weighted by Crippen LogP contribution is 2.32. The summed E-state index contributed by atoms with van der Waals surface area (Å²) in [6.07, 6.45) is 4.48. The highest BCUT2D eigenvalue weighted by molar-refractivity contribution is 7.13. The maximum Gasteiger partial charge on any atom is 0.329 e. The van der Waals surface area contributed by atoms with Crippen LogP contribution < -0.4 is 5.32 Å². The van der Waals surface area contributed by atoms with Gasteiger partial charge in [-0.2, -0.15) is 0 Å². The molecule has 1 aliphatic rings. The van der Waals surface area contributed by atoms with Crippen LogP contribution in [0.5, 0.6) is 0 Å². The van der Waals surface area contributed by atoms with E-state index in [-0.39, 0.29) is 0 Å². The van der Waals surface area contributed by atoms with E-state index in [0.717, 1.165) is 30.1 Å². The molecule has 0 amide bonds. The summed E-state index contributed by atoms with van der Waals surface area (Å²) in [5.74, 6) is -0.750. The monoisotopic (exact) mass is 240 g/mol. The van der Waals surface area contributed by atoms with Crippen molar-refractivity contribution in [2.75, 3.05) is 5.32 Å². The van der Waals surface area contributed by atoms with Crippen LogP contribution in [0, 0.1) is 6.92 Å². The second-order valence-corrected chi connectivity index (χ2v) is 5.23. The summed E-state index contributed by atoms with van der Waals surface area (Å²) < 4.78 is 0. The quantitative estimate of drug-likeness (QED) is 0.852. The molecular formula is C11H16N2O2S. The molecule has 0 unspecified atom stereocenters. The zero-order valence-corrected chi connectivity index (χ0v) is 10.1. The molecule has 1 fully saturated rings. The smallest absolute Gasteiger partial charge is 0.329 e. The van der Waals surface area contributed by atoms with E-state index in [9.17, 15) is 9.90 Å². The zero-order chi connectivity index (χ0) is 11.6. The van der Waals surface area contributed by atoms with Gasteiger partial charge < -0.3 is 10.4 Å². The van der Waals surface area contributed by atoms with E-state index in [1.165, 1.54) is 11.3 Å². The van der Waals surface area contributed by atoms with Gasteiger partial charge in [0.15, 0.2) is 5.13 Å². The Morgan fingerprint density at radius 1 is 1.50 bits per heavy atom. The number of carboxylic acids is 1. The maximum absolute atomic E-state index is 11.4. The fourth-order valence-corrected chi connectivity index (χ4v) is 2.95. The minimum atomic E-state index is -0.789. The summed E-state index contributed by atoms with van der Waals surface area (Å²) in [6.45, 7) is 1.91. The average molecular weight is 240 g/mol. The van der Waals surface area contributed by atoms with Gasteiger partial charge in [-0.3, -0.25) is 0 Å². The van der Waals surface area contributed by atoms with Crippen molar-refractivity contribution in [2.45, 2.75) is 44.6 Å². The Labute approximate surface area is 98.7 Å². The Morgan fingerprint density at radius 2 is 2.19 bits per heavy atom. The van der Waals surface area contributed by atoms with E-state index in [4.69, 9.17) is 0 Å². The van der Waals surface area contributed by atoms with E-state index in [2.05, 4.69) is 10.3 Å². The number of nitrogens with one attached hydrogen (secondary N) is 1. The lowest BCUT2D eigenvalue weighted by molar-refractivity contribution is -0.143. The van der Waals surface area contributed by atoms with Crippen LogP contribution in [0.3, 0.4) is 0 Å². The van der Waals surface area contributed by atoms with E-state index in [1.807, 2.05) is 12.3 Å². The summed E-state index contributed by atoms with van der Waals surface area (Å²) >= 11 is 1.47. The van der Waals surface area contributed by atoms with Gasteiger partial charge in [0.05, 0.1) is 5.69 Å². The predicted octanol–water partition coefficient (Wildman–Crippen LogP) is 2.65. The number of carbonyl (C=O) groups is 1. The number of nitrogens with zero attached hydrogens (tertiary/aromatic N) is 1. The van der Waals surface area contributed by atoms with Crippen molar-refractivity contribution in [1.82, 2.24) is 4.98 Å². The summed E-state index contributed by atoms with van der Waals surface area (Å²) in [7, 11) is 0. The fourth-order valence-electron chi connectivity index (χ4n) is 2.16. The first-order valence-electron chi connectivity index (χ1n) is 5.56. The minimum absolute atomic E-state index is 0.695.